The lowest BCUT2D eigenvalue weighted by Gasteiger charge is -2.13. The molecule has 5 nitrogen and oxygen atoms in total. The van der Waals surface area contributed by atoms with Crippen LogP contribution in [0.2, 0.25) is 0 Å². The zero-order chi connectivity index (χ0) is 18.8. The van der Waals surface area contributed by atoms with Crippen LogP contribution in [0, 0.1) is 0 Å². The number of guanidine groups is 1. The van der Waals surface area contributed by atoms with Crippen molar-refractivity contribution in [1.82, 2.24) is 16.0 Å². The molecular weight excluding hydrogens is 324 g/mol. The lowest BCUT2D eigenvalue weighted by molar-refractivity contribution is 0.0939. The van der Waals surface area contributed by atoms with Gasteiger partial charge in [-0.05, 0) is 36.6 Å². The zero-order valence-corrected chi connectivity index (χ0v) is 15.8. The maximum absolute atomic E-state index is 12.1. The van der Waals surface area contributed by atoms with Gasteiger partial charge in [-0.1, -0.05) is 49.4 Å². The van der Waals surface area contributed by atoms with Gasteiger partial charge in [0, 0.05) is 31.7 Å². The monoisotopic (exact) mass is 352 g/mol. The van der Waals surface area contributed by atoms with E-state index >= 15 is 0 Å². The molecule has 26 heavy (non-hydrogen) atoms. The van der Waals surface area contributed by atoms with E-state index in [-0.39, 0.29) is 11.9 Å². The Kier molecular flexibility index (Phi) is 7.68. The van der Waals surface area contributed by atoms with E-state index in [4.69, 9.17) is 0 Å². The van der Waals surface area contributed by atoms with Crippen LogP contribution in [0.15, 0.2) is 59.6 Å². The molecule has 0 spiro atoms. The number of benzene rings is 2. The van der Waals surface area contributed by atoms with Crippen LogP contribution in [0.3, 0.4) is 0 Å². The van der Waals surface area contributed by atoms with E-state index in [1.807, 2.05) is 49.4 Å². The summed E-state index contributed by atoms with van der Waals surface area (Å²) in [6.07, 6.45) is 0.919. The van der Waals surface area contributed by atoms with Crippen LogP contribution >= 0.6 is 0 Å². The summed E-state index contributed by atoms with van der Waals surface area (Å²) in [7, 11) is 1.75. The Bertz CT molecular complexity index is 711. The molecule has 1 atom stereocenters. The first kappa shape index (κ1) is 19.5. The van der Waals surface area contributed by atoms with Gasteiger partial charge < -0.3 is 16.0 Å². The maximum Gasteiger partial charge on any atom is 0.251 e. The number of nitrogens with one attached hydrogen (secondary N) is 3. The van der Waals surface area contributed by atoms with Crippen LogP contribution in [0.1, 0.15) is 41.8 Å². The van der Waals surface area contributed by atoms with Gasteiger partial charge in [0.05, 0.1) is 0 Å². The van der Waals surface area contributed by atoms with Crippen molar-refractivity contribution in [3.8, 4) is 0 Å². The molecule has 1 amide bonds. The van der Waals surface area contributed by atoms with Crippen molar-refractivity contribution in [2.24, 2.45) is 4.99 Å². The molecule has 0 radical (unpaired) electrons. The van der Waals surface area contributed by atoms with E-state index < -0.39 is 0 Å². The fourth-order valence-electron chi connectivity index (χ4n) is 2.37. The predicted molar refractivity (Wildman–Crippen MR) is 107 cm³/mol. The Hall–Kier alpha value is -2.82. The summed E-state index contributed by atoms with van der Waals surface area (Å²) in [5.74, 6) is 0.714. The lowest BCUT2D eigenvalue weighted by Crippen LogP contribution is -2.36. The highest BCUT2D eigenvalue weighted by molar-refractivity contribution is 5.94. The SMILES string of the molecule is CCC(C)NC(=O)c1ccc(CNC(=NC)NCc2ccccc2)cc1. The van der Waals surface area contributed by atoms with Crippen molar-refractivity contribution in [2.75, 3.05) is 7.05 Å². The smallest absolute Gasteiger partial charge is 0.251 e. The maximum atomic E-state index is 12.1. The third kappa shape index (κ3) is 6.24. The number of hydrogen-bond acceptors (Lipinski definition) is 2. The topological polar surface area (TPSA) is 65.5 Å². The van der Waals surface area contributed by atoms with Crippen molar-refractivity contribution in [3.05, 3.63) is 71.3 Å². The first-order valence-electron chi connectivity index (χ1n) is 9.00. The van der Waals surface area contributed by atoms with Gasteiger partial charge in [-0.15, -0.1) is 0 Å². The molecule has 0 bridgehead atoms. The zero-order valence-electron chi connectivity index (χ0n) is 15.8. The quantitative estimate of drug-likeness (QED) is 0.530. The summed E-state index contributed by atoms with van der Waals surface area (Å²) < 4.78 is 0. The standard InChI is InChI=1S/C21H28N4O/c1-4-16(2)25-20(26)19-12-10-18(11-13-19)15-24-21(22-3)23-14-17-8-6-5-7-9-17/h5-13,16H,4,14-15H2,1-3H3,(H,25,26)(H2,22,23,24). The van der Waals surface area contributed by atoms with Gasteiger partial charge in [-0.25, -0.2) is 0 Å². The normalized spacial score (nSPS) is 12.3. The Labute approximate surface area is 155 Å². The fourth-order valence-corrected chi connectivity index (χ4v) is 2.37. The summed E-state index contributed by atoms with van der Waals surface area (Å²) in [6.45, 7) is 5.42. The van der Waals surface area contributed by atoms with E-state index in [2.05, 4.69) is 40.0 Å². The van der Waals surface area contributed by atoms with Crippen LogP contribution < -0.4 is 16.0 Å². The number of hydrogen-bond donors (Lipinski definition) is 3. The van der Waals surface area contributed by atoms with E-state index in [1.54, 1.807) is 7.05 Å². The summed E-state index contributed by atoms with van der Waals surface area (Å²) in [5, 5.41) is 9.55. The first-order chi connectivity index (χ1) is 12.6. The number of amides is 1. The Morgan fingerprint density at radius 1 is 0.962 bits per heavy atom. The first-order valence-corrected chi connectivity index (χ1v) is 9.00. The van der Waals surface area contributed by atoms with Crippen molar-refractivity contribution >= 4 is 11.9 Å². The second-order valence-corrected chi connectivity index (χ2v) is 6.24. The highest BCUT2D eigenvalue weighted by Crippen LogP contribution is 2.05. The van der Waals surface area contributed by atoms with Crippen LogP contribution in [-0.2, 0) is 13.1 Å². The van der Waals surface area contributed by atoms with Gasteiger partial charge in [0.1, 0.15) is 0 Å². The van der Waals surface area contributed by atoms with Gasteiger partial charge in [0.15, 0.2) is 5.96 Å². The molecule has 0 aliphatic carbocycles. The van der Waals surface area contributed by atoms with Gasteiger partial charge in [-0.3, -0.25) is 9.79 Å². The van der Waals surface area contributed by atoms with Gasteiger partial charge >= 0.3 is 0 Å². The predicted octanol–water partition coefficient (Wildman–Crippen LogP) is 3.08. The number of carbonyl (C=O) groups is 1. The van der Waals surface area contributed by atoms with Crippen LogP contribution in [0.25, 0.3) is 0 Å². The summed E-state index contributed by atoms with van der Waals surface area (Å²) in [4.78, 5) is 16.3. The van der Waals surface area contributed by atoms with E-state index in [0.717, 1.165) is 24.5 Å². The molecule has 2 aromatic rings. The van der Waals surface area contributed by atoms with Crippen molar-refractivity contribution in [1.29, 1.82) is 0 Å². The number of carbonyl (C=O) groups excluding carboxylic acids is 1. The molecule has 0 heterocycles. The minimum Gasteiger partial charge on any atom is -0.352 e. The lowest BCUT2D eigenvalue weighted by atomic mass is 10.1. The minimum atomic E-state index is -0.0285. The molecule has 0 saturated heterocycles. The third-order valence-electron chi connectivity index (χ3n) is 4.19. The molecule has 0 aliphatic rings. The molecule has 0 fully saturated rings. The molecular formula is C21H28N4O. The highest BCUT2D eigenvalue weighted by atomic mass is 16.1. The van der Waals surface area contributed by atoms with Gasteiger partial charge in [0.2, 0.25) is 0 Å². The van der Waals surface area contributed by atoms with Crippen LogP contribution in [-0.4, -0.2) is 25.0 Å². The fraction of sp³-hybridized carbons (Fsp3) is 0.333. The minimum absolute atomic E-state index is 0.0285. The van der Waals surface area contributed by atoms with Gasteiger partial charge in [-0.2, -0.15) is 0 Å². The Morgan fingerprint density at radius 2 is 1.54 bits per heavy atom. The molecule has 5 heteroatoms. The molecule has 2 aromatic carbocycles. The second kappa shape index (κ2) is 10.2. The number of nitrogens with zero attached hydrogens (tertiary/aromatic N) is 1. The van der Waals surface area contributed by atoms with Crippen molar-refractivity contribution in [2.45, 2.75) is 39.4 Å². The Morgan fingerprint density at radius 3 is 2.08 bits per heavy atom. The van der Waals surface area contributed by atoms with E-state index in [1.165, 1.54) is 5.56 Å². The highest BCUT2D eigenvalue weighted by Gasteiger charge is 2.08. The number of aliphatic imine (C=N–C) groups is 1. The molecule has 0 saturated carbocycles. The molecule has 0 aromatic heterocycles. The van der Waals surface area contributed by atoms with E-state index in [9.17, 15) is 4.79 Å². The Balaban J connectivity index is 1.83. The molecule has 0 aliphatic heterocycles. The summed E-state index contributed by atoms with van der Waals surface area (Å²) in [5.41, 5.74) is 2.97. The van der Waals surface area contributed by atoms with Crippen LogP contribution in [0.4, 0.5) is 0 Å². The molecule has 138 valence electrons. The van der Waals surface area contributed by atoms with Crippen LogP contribution in [0.5, 0.6) is 0 Å². The molecule has 3 N–H and O–H groups in total. The van der Waals surface area contributed by atoms with Crippen molar-refractivity contribution in [3.63, 3.8) is 0 Å². The molecule has 2 rings (SSSR count). The van der Waals surface area contributed by atoms with Gasteiger partial charge in [0.25, 0.3) is 5.91 Å². The number of rotatable bonds is 7. The average Bonchev–Trinajstić information content (AvgIpc) is 2.69. The summed E-state index contributed by atoms with van der Waals surface area (Å²) >= 11 is 0. The van der Waals surface area contributed by atoms with E-state index in [0.29, 0.717) is 12.1 Å². The third-order valence-corrected chi connectivity index (χ3v) is 4.19. The largest absolute Gasteiger partial charge is 0.352 e. The second-order valence-electron chi connectivity index (χ2n) is 6.24. The summed E-state index contributed by atoms with van der Waals surface area (Å²) in [6, 6.07) is 18.0. The average molecular weight is 352 g/mol. The van der Waals surface area contributed by atoms with Crippen molar-refractivity contribution < 1.29 is 4.79 Å². The molecule has 1 unspecified atom stereocenters.